The zero-order valence-electron chi connectivity index (χ0n) is 12.1. The number of H-pyrrole nitrogens is 1. The highest BCUT2D eigenvalue weighted by Crippen LogP contribution is 2.31. The van der Waals surface area contributed by atoms with E-state index in [1.807, 2.05) is 30.3 Å². The van der Waals surface area contributed by atoms with Crippen LogP contribution in [-0.2, 0) is 0 Å². The lowest BCUT2D eigenvalue weighted by Gasteiger charge is -2.01. The number of hydrogen-bond acceptors (Lipinski definition) is 1. The lowest BCUT2D eigenvalue weighted by Crippen LogP contribution is -1.79. The smallest absolute Gasteiger partial charge is 0.0927 e. The van der Waals surface area contributed by atoms with E-state index < -0.39 is 0 Å². The molecule has 4 heteroatoms. The minimum absolute atomic E-state index is 0.603. The Kier molecular flexibility index (Phi) is 3.56. The summed E-state index contributed by atoms with van der Waals surface area (Å²) in [6, 6.07) is 22.0. The fourth-order valence-corrected chi connectivity index (χ4v) is 3.17. The van der Waals surface area contributed by atoms with Crippen molar-refractivity contribution in [2.24, 2.45) is 0 Å². The van der Waals surface area contributed by atoms with Gasteiger partial charge in [0.1, 0.15) is 0 Å². The maximum Gasteiger partial charge on any atom is 0.0927 e. The highest BCUT2D eigenvalue weighted by Gasteiger charge is 2.09. The first-order chi connectivity index (χ1) is 11.2. The predicted octanol–water partition coefficient (Wildman–Crippen LogP) is 6.20. The molecule has 4 aromatic rings. The molecule has 1 heterocycles. The van der Waals surface area contributed by atoms with E-state index in [4.69, 9.17) is 23.2 Å². The summed E-state index contributed by atoms with van der Waals surface area (Å²) in [5, 5.41) is 11.1. The van der Waals surface area contributed by atoms with Gasteiger partial charge in [-0.25, -0.2) is 0 Å². The lowest BCUT2D eigenvalue weighted by molar-refractivity contribution is 1.10. The average Bonchev–Trinajstić information content (AvgIpc) is 3.04. The maximum absolute atomic E-state index is 6.27. The van der Waals surface area contributed by atoms with Crippen molar-refractivity contribution >= 4 is 34.0 Å². The third-order valence-corrected chi connectivity index (χ3v) is 4.39. The molecule has 0 radical (unpaired) electrons. The topological polar surface area (TPSA) is 28.7 Å². The Hall–Kier alpha value is -2.29. The van der Waals surface area contributed by atoms with E-state index in [0.717, 1.165) is 22.5 Å². The van der Waals surface area contributed by atoms with Crippen molar-refractivity contribution in [2.75, 3.05) is 0 Å². The molecule has 1 aromatic heterocycles. The normalized spacial score (nSPS) is 11.0. The number of aromatic nitrogens is 2. The Labute approximate surface area is 143 Å². The van der Waals surface area contributed by atoms with Crippen LogP contribution in [0.1, 0.15) is 0 Å². The second-order valence-electron chi connectivity index (χ2n) is 5.35. The van der Waals surface area contributed by atoms with Crippen LogP contribution >= 0.6 is 23.2 Å². The van der Waals surface area contributed by atoms with Crippen LogP contribution in [0.3, 0.4) is 0 Å². The van der Waals surface area contributed by atoms with Crippen molar-refractivity contribution in [2.45, 2.75) is 0 Å². The van der Waals surface area contributed by atoms with Crippen LogP contribution in [0.2, 0.25) is 10.0 Å². The number of benzene rings is 3. The molecule has 0 saturated carbocycles. The third-order valence-electron chi connectivity index (χ3n) is 3.84. The molecule has 4 rings (SSSR count). The second-order valence-corrected chi connectivity index (χ2v) is 6.20. The molecular formula is C19H12Cl2N2. The van der Waals surface area contributed by atoms with Gasteiger partial charge in [-0.05, 0) is 41.1 Å². The van der Waals surface area contributed by atoms with Crippen molar-refractivity contribution in [3.8, 4) is 22.5 Å². The van der Waals surface area contributed by atoms with E-state index in [9.17, 15) is 0 Å². The molecule has 0 amide bonds. The first kappa shape index (κ1) is 14.3. The van der Waals surface area contributed by atoms with Gasteiger partial charge >= 0.3 is 0 Å². The van der Waals surface area contributed by atoms with Crippen LogP contribution in [0.4, 0.5) is 0 Å². The van der Waals surface area contributed by atoms with Gasteiger partial charge < -0.3 is 0 Å². The number of halogens is 2. The van der Waals surface area contributed by atoms with Gasteiger partial charge in [-0.2, -0.15) is 5.10 Å². The van der Waals surface area contributed by atoms with Gasteiger partial charge in [0, 0.05) is 16.1 Å². The Bertz CT molecular complexity index is 1010. The van der Waals surface area contributed by atoms with Gasteiger partial charge in [-0.1, -0.05) is 59.6 Å². The molecule has 23 heavy (non-hydrogen) atoms. The maximum atomic E-state index is 6.27. The molecule has 0 spiro atoms. The van der Waals surface area contributed by atoms with Crippen molar-refractivity contribution in [1.29, 1.82) is 0 Å². The van der Waals surface area contributed by atoms with E-state index in [1.54, 1.807) is 6.07 Å². The number of fused-ring (bicyclic) bond motifs is 1. The zero-order valence-corrected chi connectivity index (χ0v) is 13.6. The molecule has 0 fully saturated rings. The van der Waals surface area contributed by atoms with Gasteiger partial charge in [0.05, 0.1) is 16.4 Å². The van der Waals surface area contributed by atoms with Crippen LogP contribution in [0.5, 0.6) is 0 Å². The summed E-state index contributed by atoms with van der Waals surface area (Å²) < 4.78 is 0. The van der Waals surface area contributed by atoms with Crippen LogP contribution in [-0.4, -0.2) is 10.2 Å². The molecule has 0 aliphatic carbocycles. The SMILES string of the molecule is Clc1ccc(-c2cc(-c3ccc4ccccc4c3)n[nH]2)c(Cl)c1. The molecule has 0 bridgehead atoms. The van der Waals surface area contributed by atoms with Crippen molar-refractivity contribution in [1.82, 2.24) is 10.2 Å². The average molecular weight is 339 g/mol. The number of nitrogens with one attached hydrogen (secondary N) is 1. The molecule has 0 atom stereocenters. The molecule has 3 aromatic carbocycles. The van der Waals surface area contributed by atoms with Crippen LogP contribution in [0.15, 0.2) is 66.7 Å². The largest absolute Gasteiger partial charge is 0.277 e. The summed E-state index contributed by atoms with van der Waals surface area (Å²) >= 11 is 12.2. The second kappa shape index (κ2) is 5.73. The molecule has 2 nitrogen and oxygen atoms in total. The summed E-state index contributed by atoms with van der Waals surface area (Å²) in [6.45, 7) is 0. The fourth-order valence-electron chi connectivity index (χ4n) is 2.66. The van der Waals surface area contributed by atoms with E-state index in [2.05, 4.69) is 40.5 Å². The molecule has 0 aliphatic heterocycles. The Morgan fingerprint density at radius 1 is 0.783 bits per heavy atom. The highest BCUT2D eigenvalue weighted by atomic mass is 35.5. The minimum Gasteiger partial charge on any atom is -0.277 e. The zero-order chi connectivity index (χ0) is 15.8. The third kappa shape index (κ3) is 2.72. The summed E-state index contributed by atoms with van der Waals surface area (Å²) in [4.78, 5) is 0. The van der Waals surface area contributed by atoms with E-state index in [-0.39, 0.29) is 0 Å². The van der Waals surface area contributed by atoms with Crippen molar-refractivity contribution in [3.63, 3.8) is 0 Å². The van der Waals surface area contributed by atoms with Gasteiger partial charge in [-0.15, -0.1) is 0 Å². The summed E-state index contributed by atoms with van der Waals surface area (Å²) in [5.74, 6) is 0. The summed E-state index contributed by atoms with van der Waals surface area (Å²) in [5.41, 5.74) is 3.71. The molecule has 0 aliphatic rings. The Balaban J connectivity index is 1.77. The molecular weight excluding hydrogens is 327 g/mol. The van der Waals surface area contributed by atoms with Gasteiger partial charge in [0.25, 0.3) is 0 Å². The van der Waals surface area contributed by atoms with Crippen molar-refractivity contribution < 1.29 is 0 Å². The first-order valence-corrected chi connectivity index (χ1v) is 7.96. The summed E-state index contributed by atoms with van der Waals surface area (Å²) in [7, 11) is 0. The molecule has 1 N–H and O–H groups in total. The number of aromatic amines is 1. The quantitative estimate of drug-likeness (QED) is 0.462. The number of nitrogens with zero attached hydrogens (tertiary/aromatic N) is 1. The Morgan fingerprint density at radius 3 is 2.43 bits per heavy atom. The molecule has 112 valence electrons. The van der Waals surface area contributed by atoms with Gasteiger partial charge in [0.2, 0.25) is 0 Å². The molecule has 0 unspecified atom stereocenters. The van der Waals surface area contributed by atoms with Crippen LogP contribution in [0.25, 0.3) is 33.3 Å². The standard InChI is InChI=1S/C19H12Cl2N2/c20-15-7-8-16(17(21)10-15)19-11-18(22-23-19)14-6-5-12-3-1-2-4-13(12)9-14/h1-11H,(H,22,23). The van der Waals surface area contributed by atoms with Crippen LogP contribution in [0, 0.1) is 0 Å². The predicted molar refractivity (Wildman–Crippen MR) is 97.0 cm³/mol. The van der Waals surface area contributed by atoms with Crippen LogP contribution < -0.4 is 0 Å². The minimum atomic E-state index is 0.603. The number of hydrogen-bond donors (Lipinski definition) is 1. The van der Waals surface area contributed by atoms with Crippen molar-refractivity contribution in [3.05, 3.63) is 76.8 Å². The van der Waals surface area contributed by atoms with E-state index in [0.29, 0.717) is 10.0 Å². The number of rotatable bonds is 2. The highest BCUT2D eigenvalue weighted by molar-refractivity contribution is 6.36. The van der Waals surface area contributed by atoms with E-state index >= 15 is 0 Å². The summed E-state index contributed by atoms with van der Waals surface area (Å²) in [6.07, 6.45) is 0. The van der Waals surface area contributed by atoms with Gasteiger partial charge in [0.15, 0.2) is 0 Å². The molecule has 0 saturated heterocycles. The monoisotopic (exact) mass is 338 g/mol. The van der Waals surface area contributed by atoms with Gasteiger partial charge in [-0.3, -0.25) is 5.10 Å². The van der Waals surface area contributed by atoms with E-state index in [1.165, 1.54) is 10.8 Å². The lowest BCUT2D eigenvalue weighted by atomic mass is 10.0. The fraction of sp³-hybridized carbons (Fsp3) is 0. The first-order valence-electron chi connectivity index (χ1n) is 7.21. The Morgan fingerprint density at radius 2 is 1.61 bits per heavy atom.